The van der Waals surface area contributed by atoms with Crippen LogP contribution in [-0.4, -0.2) is 44.5 Å². The number of hydrogen-bond donors (Lipinski definition) is 3. The maximum atomic E-state index is 12.0. The molecule has 1 aliphatic rings. The minimum atomic E-state index is -0.631. The molecule has 0 saturated heterocycles. The first-order chi connectivity index (χ1) is 13.6. The highest BCUT2D eigenvalue weighted by atomic mass is 16.5. The fraction of sp³-hybridized carbons (Fsp3) is 0.333. The van der Waals surface area contributed by atoms with Crippen molar-refractivity contribution in [2.75, 3.05) is 26.4 Å². The van der Waals surface area contributed by atoms with E-state index in [0.29, 0.717) is 6.54 Å². The van der Waals surface area contributed by atoms with Crippen LogP contribution in [0.3, 0.4) is 0 Å². The summed E-state index contributed by atoms with van der Waals surface area (Å²) in [6.07, 6.45) is -0.774. The first-order valence-corrected chi connectivity index (χ1v) is 9.27. The number of alkyl carbamates (subject to hydrolysis) is 1. The van der Waals surface area contributed by atoms with Crippen LogP contribution in [0.25, 0.3) is 11.1 Å². The summed E-state index contributed by atoms with van der Waals surface area (Å²) in [5.74, 6) is -0.379. The molecule has 1 atom stereocenters. The Balaban J connectivity index is 1.48. The number of hydrogen-bond acceptors (Lipinski definition) is 5. The Labute approximate surface area is 164 Å². The number of carbonyl (C=O) groups is 2. The average Bonchev–Trinajstić information content (AvgIpc) is 3.04. The van der Waals surface area contributed by atoms with Crippen LogP contribution in [-0.2, 0) is 14.3 Å². The van der Waals surface area contributed by atoms with Gasteiger partial charge < -0.3 is 25.8 Å². The van der Waals surface area contributed by atoms with Crippen LogP contribution in [0.4, 0.5) is 4.79 Å². The second-order valence-corrected chi connectivity index (χ2v) is 6.64. The molecule has 0 saturated carbocycles. The number of rotatable bonds is 8. The molecule has 28 heavy (non-hydrogen) atoms. The molecule has 4 N–H and O–H groups in total. The topological polar surface area (TPSA) is 103 Å². The molecule has 7 nitrogen and oxygen atoms in total. The van der Waals surface area contributed by atoms with E-state index in [1.54, 1.807) is 6.92 Å². The van der Waals surface area contributed by atoms with Gasteiger partial charge in [-0.25, -0.2) is 4.79 Å². The van der Waals surface area contributed by atoms with Gasteiger partial charge in [-0.05, 0) is 29.2 Å². The van der Waals surface area contributed by atoms with Crippen molar-refractivity contribution >= 4 is 12.0 Å². The van der Waals surface area contributed by atoms with E-state index in [2.05, 4.69) is 34.9 Å². The van der Waals surface area contributed by atoms with Gasteiger partial charge in [0.25, 0.3) is 0 Å². The summed E-state index contributed by atoms with van der Waals surface area (Å²) in [5, 5.41) is 4.99. The highest BCUT2D eigenvalue weighted by Crippen LogP contribution is 2.44. The van der Waals surface area contributed by atoms with Crippen LogP contribution in [0, 0.1) is 0 Å². The lowest BCUT2D eigenvalue weighted by Crippen LogP contribution is -2.39. The quantitative estimate of drug-likeness (QED) is 0.605. The number of nitrogens with one attached hydrogen (secondary N) is 2. The molecule has 1 aliphatic carbocycles. The lowest BCUT2D eigenvalue weighted by Gasteiger charge is -2.15. The number of fused-ring (bicyclic) bond motifs is 3. The van der Waals surface area contributed by atoms with Gasteiger partial charge in [-0.1, -0.05) is 48.5 Å². The summed E-state index contributed by atoms with van der Waals surface area (Å²) >= 11 is 0. The highest BCUT2D eigenvalue weighted by molar-refractivity contribution is 5.82. The Morgan fingerprint density at radius 1 is 1.04 bits per heavy atom. The van der Waals surface area contributed by atoms with Crippen molar-refractivity contribution < 1.29 is 19.1 Å². The molecule has 148 valence electrons. The van der Waals surface area contributed by atoms with Crippen molar-refractivity contribution in [3.05, 3.63) is 59.7 Å². The lowest BCUT2D eigenvalue weighted by molar-refractivity contribution is -0.122. The number of amides is 2. The molecule has 0 fully saturated rings. The van der Waals surface area contributed by atoms with Gasteiger partial charge >= 0.3 is 6.09 Å². The van der Waals surface area contributed by atoms with Crippen LogP contribution in [0.2, 0.25) is 0 Å². The number of benzene rings is 2. The van der Waals surface area contributed by atoms with Crippen LogP contribution >= 0.6 is 0 Å². The molecular formula is C21H25N3O4. The van der Waals surface area contributed by atoms with E-state index < -0.39 is 6.09 Å². The maximum absolute atomic E-state index is 12.0. The fourth-order valence-electron chi connectivity index (χ4n) is 3.20. The van der Waals surface area contributed by atoms with Crippen molar-refractivity contribution in [1.82, 2.24) is 10.6 Å². The Bertz CT molecular complexity index is 794. The molecule has 2 aromatic carbocycles. The Morgan fingerprint density at radius 2 is 1.64 bits per heavy atom. The highest BCUT2D eigenvalue weighted by Gasteiger charge is 2.28. The van der Waals surface area contributed by atoms with Crippen molar-refractivity contribution in [1.29, 1.82) is 0 Å². The zero-order chi connectivity index (χ0) is 19.9. The molecule has 0 bridgehead atoms. The van der Waals surface area contributed by atoms with E-state index >= 15 is 0 Å². The van der Waals surface area contributed by atoms with Crippen LogP contribution < -0.4 is 16.4 Å². The molecule has 2 amide bonds. The van der Waals surface area contributed by atoms with Crippen LogP contribution in [0.5, 0.6) is 0 Å². The molecule has 0 unspecified atom stereocenters. The molecule has 0 heterocycles. The normalized spacial score (nSPS) is 13.4. The minimum Gasteiger partial charge on any atom is -0.449 e. The van der Waals surface area contributed by atoms with Gasteiger partial charge in [-0.15, -0.1) is 0 Å². The van der Waals surface area contributed by atoms with Gasteiger partial charge in [0.05, 0.1) is 6.10 Å². The van der Waals surface area contributed by atoms with Gasteiger partial charge in [0.15, 0.2) is 0 Å². The molecule has 2 aromatic rings. The zero-order valence-corrected chi connectivity index (χ0v) is 15.8. The summed E-state index contributed by atoms with van der Waals surface area (Å²) in [5.41, 5.74) is 10.0. The second kappa shape index (κ2) is 9.34. The average molecular weight is 383 g/mol. The predicted octanol–water partition coefficient (Wildman–Crippen LogP) is 1.96. The van der Waals surface area contributed by atoms with E-state index in [-0.39, 0.29) is 37.8 Å². The molecule has 7 heteroatoms. The van der Waals surface area contributed by atoms with Gasteiger partial charge in [-0.2, -0.15) is 0 Å². The van der Waals surface area contributed by atoms with Crippen molar-refractivity contribution in [2.24, 2.45) is 5.73 Å². The summed E-state index contributed by atoms with van der Waals surface area (Å²) in [7, 11) is 0. The van der Waals surface area contributed by atoms with E-state index in [4.69, 9.17) is 15.2 Å². The van der Waals surface area contributed by atoms with E-state index in [9.17, 15) is 9.59 Å². The first kappa shape index (κ1) is 19.9. The minimum absolute atomic E-state index is 0.0156. The number of carbonyl (C=O) groups excluding carboxylic acids is 2. The van der Waals surface area contributed by atoms with E-state index in [0.717, 1.165) is 22.3 Å². The lowest BCUT2D eigenvalue weighted by atomic mass is 9.98. The third-order valence-electron chi connectivity index (χ3n) is 4.71. The number of ether oxygens (including phenoxy) is 2. The molecule has 0 spiro atoms. The van der Waals surface area contributed by atoms with Crippen molar-refractivity contribution in [3.8, 4) is 11.1 Å². The maximum Gasteiger partial charge on any atom is 0.407 e. The summed E-state index contributed by atoms with van der Waals surface area (Å²) in [6.45, 7) is 2.24. The van der Waals surface area contributed by atoms with Gasteiger partial charge in [-0.3, -0.25) is 4.79 Å². The van der Waals surface area contributed by atoms with Crippen molar-refractivity contribution in [2.45, 2.75) is 18.9 Å². The van der Waals surface area contributed by atoms with E-state index in [1.165, 1.54) is 0 Å². The summed E-state index contributed by atoms with van der Waals surface area (Å²) < 4.78 is 10.6. The van der Waals surface area contributed by atoms with Gasteiger partial charge in [0, 0.05) is 12.5 Å². The number of nitrogens with two attached hydrogens (primary N) is 1. The monoisotopic (exact) mass is 383 g/mol. The third kappa shape index (κ3) is 4.68. The van der Waals surface area contributed by atoms with Gasteiger partial charge in [0.1, 0.15) is 19.9 Å². The standard InChI is InChI=1S/C21H25N3O4/c1-14(10-22)28-13-24-20(25)11-23-21(26)27-12-19-17-8-4-2-6-15(17)16-7-3-5-9-18(16)19/h2-9,14,19H,10-13,22H2,1H3,(H,23,26)(H,24,25)/t14-/m0/s1. The molecule has 3 rings (SSSR count). The molecule has 0 aromatic heterocycles. The Hall–Kier alpha value is -2.90. The van der Waals surface area contributed by atoms with Gasteiger partial charge in [0.2, 0.25) is 5.91 Å². The summed E-state index contributed by atoms with van der Waals surface area (Å²) in [6, 6.07) is 16.2. The molecule has 0 aliphatic heterocycles. The smallest absolute Gasteiger partial charge is 0.407 e. The zero-order valence-electron chi connectivity index (χ0n) is 15.8. The van der Waals surface area contributed by atoms with Crippen LogP contribution in [0.15, 0.2) is 48.5 Å². The first-order valence-electron chi connectivity index (χ1n) is 9.27. The van der Waals surface area contributed by atoms with E-state index in [1.807, 2.05) is 24.3 Å². The SMILES string of the molecule is C[C@@H](CN)OCNC(=O)CNC(=O)OCC1c2ccccc2-c2ccccc21. The third-order valence-corrected chi connectivity index (χ3v) is 4.71. The molecule has 0 radical (unpaired) electrons. The summed E-state index contributed by atoms with van der Waals surface area (Å²) in [4.78, 5) is 23.7. The molecular weight excluding hydrogens is 358 g/mol. The second-order valence-electron chi connectivity index (χ2n) is 6.64. The van der Waals surface area contributed by atoms with Crippen molar-refractivity contribution in [3.63, 3.8) is 0 Å². The fourth-order valence-corrected chi connectivity index (χ4v) is 3.20. The Morgan fingerprint density at radius 3 is 2.25 bits per heavy atom. The Kier molecular flexibility index (Phi) is 6.62. The van der Waals surface area contributed by atoms with Crippen LogP contribution in [0.1, 0.15) is 24.0 Å². The largest absolute Gasteiger partial charge is 0.449 e. The predicted molar refractivity (Wildman–Crippen MR) is 106 cm³/mol.